The lowest BCUT2D eigenvalue weighted by Crippen LogP contribution is -2.32. The van der Waals surface area contributed by atoms with Crippen molar-refractivity contribution < 1.29 is 9.59 Å². The molecule has 0 radical (unpaired) electrons. The van der Waals surface area contributed by atoms with Crippen molar-refractivity contribution in [3.05, 3.63) is 41.1 Å². The van der Waals surface area contributed by atoms with Crippen LogP contribution in [0.5, 0.6) is 0 Å². The molecule has 24 heavy (non-hydrogen) atoms. The minimum absolute atomic E-state index is 0.0484. The molecule has 2 aromatic rings. The summed E-state index contributed by atoms with van der Waals surface area (Å²) in [6.45, 7) is 3.80. The van der Waals surface area contributed by atoms with Crippen molar-refractivity contribution in [3.8, 4) is 0 Å². The monoisotopic (exact) mass is 327 g/mol. The van der Waals surface area contributed by atoms with Crippen molar-refractivity contribution in [2.45, 2.75) is 32.7 Å². The largest absolute Gasteiger partial charge is 0.331 e. The van der Waals surface area contributed by atoms with E-state index >= 15 is 0 Å². The fourth-order valence-electron chi connectivity index (χ4n) is 2.83. The minimum Gasteiger partial charge on any atom is -0.331 e. The Bertz CT molecular complexity index is 796. The van der Waals surface area contributed by atoms with Crippen LogP contribution in [0.3, 0.4) is 0 Å². The zero-order valence-electron chi connectivity index (χ0n) is 14.0. The number of rotatable bonds is 3. The van der Waals surface area contributed by atoms with Crippen LogP contribution in [0.1, 0.15) is 36.2 Å². The predicted molar refractivity (Wildman–Crippen MR) is 91.9 cm³/mol. The number of aryl methyl sites for hydroxylation is 3. The number of aromatic nitrogens is 2. The number of anilines is 2. The number of fused-ring (bicyclic) bond motifs is 1. The van der Waals surface area contributed by atoms with E-state index in [4.69, 9.17) is 0 Å². The van der Waals surface area contributed by atoms with E-state index in [1.807, 2.05) is 38.1 Å². The van der Waals surface area contributed by atoms with Gasteiger partial charge in [-0.2, -0.15) is 5.10 Å². The molecular formula is C17H21N5O2. The number of hydrogen-bond acceptors (Lipinski definition) is 3. The second-order valence-electron chi connectivity index (χ2n) is 6.08. The third-order valence-corrected chi connectivity index (χ3v) is 4.12. The normalized spacial score (nSPS) is 14.5. The van der Waals surface area contributed by atoms with Gasteiger partial charge in [0.1, 0.15) is 5.82 Å². The zero-order chi connectivity index (χ0) is 17.3. The van der Waals surface area contributed by atoms with Crippen molar-refractivity contribution in [2.75, 3.05) is 10.6 Å². The van der Waals surface area contributed by atoms with E-state index in [9.17, 15) is 9.59 Å². The Morgan fingerprint density at radius 2 is 2.12 bits per heavy atom. The molecule has 3 amide bonds. The van der Waals surface area contributed by atoms with E-state index in [1.165, 1.54) is 0 Å². The average Bonchev–Trinajstić information content (AvgIpc) is 2.84. The first-order chi connectivity index (χ1) is 11.4. The SMILES string of the molecule is Cc1cc(NC(=O)N[C@H](C)c2ccc3c(c2)CCC(=O)N3)n(C)n1. The first-order valence-corrected chi connectivity index (χ1v) is 7.93. The third-order valence-electron chi connectivity index (χ3n) is 4.12. The van der Waals surface area contributed by atoms with Gasteiger partial charge in [-0.05, 0) is 37.5 Å². The van der Waals surface area contributed by atoms with Crippen LogP contribution in [0.15, 0.2) is 24.3 Å². The van der Waals surface area contributed by atoms with Crippen molar-refractivity contribution in [1.82, 2.24) is 15.1 Å². The summed E-state index contributed by atoms with van der Waals surface area (Å²) in [6, 6.07) is 7.23. The molecule has 0 saturated carbocycles. The van der Waals surface area contributed by atoms with Gasteiger partial charge in [-0.1, -0.05) is 12.1 Å². The Balaban J connectivity index is 1.66. The summed E-state index contributed by atoms with van der Waals surface area (Å²) in [4.78, 5) is 23.6. The molecule has 3 N–H and O–H groups in total. The molecule has 2 heterocycles. The Morgan fingerprint density at radius 1 is 1.33 bits per heavy atom. The summed E-state index contributed by atoms with van der Waals surface area (Å²) < 4.78 is 1.63. The first-order valence-electron chi connectivity index (χ1n) is 7.93. The molecule has 7 heteroatoms. The molecule has 1 aromatic heterocycles. The van der Waals surface area contributed by atoms with Crippen LogP contribution in [-0.4, -0.2) is 21.7 Å². The molecule has 1 aliphatic rings. The van der Waals surface area contributed by atoms with Gasteiger partial charge in [0.15, 0.2) is 0 Å². The number of carbonyl (C=O) groups excluding carboxylic acids is 2. The molecule has 1 aliphatic heterocycles. The number of amides is 3. The standard InChI is InChI=1S/C17H21N5O2/c1-10-8-15(22(3)21-10)20-17(24)18-11(2)12-4-6-14-13(9-12)5-7-16(23)19-14/h4,6,8-9,11H,5,7H2,1-3H3,(H,19,23)(H2,18,20,24)/t11-/m1/s1. The number of benzene rings is 1. The summed E-state index contributed by atoms with van der Waals surface area (Å²) >= 11 is 0. The quantitative estimate of drug-likeness (QED) is 0.809. The van der Waals surface area contributed by atoms with Gasteiger partial charge in [-0.3, -0.25) is 14.8 Å². The van der Waals surface area contributed by atoms with Crippen LogP contribution < -0.4 is 16.0 Å². The maximum Gasteiger partial charge on any atom is 0.320 e. The second kappa shape index (κ2) is 6.35. The Morgan fingerprint density at radius 3 is 2.83 bits per heavy atom. The highest BCUT2D eigenvalue weighted by Crippen LogP contribution is 2.26. The Labute approximate surface area is 140 Å². The molecule has 0 aliphatic carbocycles. The molecule has 0 unspecified atom stereocenters. The Hall–Kier alpha value is -2.83. The van der Waals surface area contributed by atoms with Crippen molar-refractivity contribution in [1.29, 1.82) is 0 Å². The van der Waals surface area contributed by atoms with Crippen LogP contribution >= 0.6 is 0 Å². The molecule has 0 spiro atoms. The molecule has 1 aromatic carbocycles. The number of nitrogens with one attached hydrogen (secondary N) is 3. The van der Waals surface area contributed by atoms with E-state index in [0.29, 0.717) is 12.2 Å². The zero-order valence-corrected chi connectivity index (χ0v) is 14.0. The summed E-state index contributed by atoms with van der Waals surface area (Å²) in [5.41, 5.74) is 3.80. The first kappa shape index (κ1) is 16.0. The van der Waals surface area contributed by atoms with Gasteiger partial charge >= 0.3 is 6.03 Å². The van der Waals surface area contributed by atoms with E-state index in [-0.39, 0.29) is 18.0 Å². The van der Waals surface area contributed by atoms with E-state index < -0.39 is 0 Å². The third kappa shape index (κ3) is 3.40. The fourth-order valence-corrected chi connectivity index (χ4v) is 2.83. The Kier molecular flexibility index (Phi) is 4.24. The highest BCUT2D eigenvalue weighted by Gasteiger charge is 2.17. The lowest BCUT2D eigenvalue weighted by Gasteiger charge is -2.20. The maximum atomic E-state index is 12.2. The molecule has 0 saturated heterocycles. The van der Waals surface area contributed by atoms with Gasteiger partial charge in [-0.15, -0.1) is 0 Å². The molecule has 7 nitrogen and oxygen atoms in total. The van der Waals surface area contributed by atoms with Crippen molar-refractivity contribution in [3.63, 3.8) is 0 Å². The summed E-state index contributed by atoms with van der Waals surface area (Å²) in [7, 11) is 1.78. The van der Waals surface area contributed by atoms with Gasteiger partial charge in [0.2, 0.25) is 5.91 Å². The number of hydrogen-bond donors (Lipinski definition) is 3. The van der Waals surface area contributed by atoms with Gasteiger partial charge in [0, 0.05) is 25.2 Å². The fraction of sp³-hybridized carbons (Fsp3) is 0.353. The molecular weight excluding hydrogens is 306 g/mol. The highest BCUT2D eigenvalue weighted by molar-refractivity contribution is 5.94. The van der Waals surface area contributed by atoms with Crippen molar-refractivity contribution in [2.24, 2.45) is 7.05 Å². The number of urea groups is 1. The van der Waals surface area contributed by atoms with Crippen LogP contribution in [0.4, 0.5) is 16.3 Å². The van der Waals surface area contributed by atoms with Crippen LogP contribution in [0.25, 0.3) is 0 Å². The van der Waals surface area contributed by atoms with Crippen LogP contribution in [0.2, 0.25) is 0 Å². The average molecular weight is 327 g/mol. The molecule has 0 bridgehead atoms. The lowest BCUT2D eigenvalue weighted by molar-refractivity contribution is -0.116. The smallest absolute Gasteiger partial charge is 0.320 e. The summed E-state index contributed by atoms with van der Waals surface area (Å²) in [5, 5.41) is 12.8. The van der Waals surface area contributed by atoms with Crippen LogP contribution in [-0.2, 0) is 18.3 Å². The van der Waals surface area contributed by atoms with Gasteiger partial charge in [0.05, 0.1) is 11.7 Å². The van der Waals surface area contributed by atoms with Gasteiger partial charge in [0.25, 0.3) is 0 Å². The predicted octanol–water partition coefficient (Wildman–Crippen LogP) is 2.50. The molecule has 1 atom stereocenters. The summed E-state index contributed by atoms with van der Waals surface area (Å²) in [6.07, 6.45) is 1.22. The van der Waals surface area contributed by atoms with E-state index in [2.05, 4.69) is 21.0 Å². The van der Waals surface area contributed by atoms with E-state index in [0.717, 1.165) is 28.9 Å². The second-order valence-corrected chi connectivity index (χ2v) is 6.08. The molecule has 0 fully saturated rings. The van der Waals surface area contributed by atoms with E-state index in [1.54, 1.807) is 11.7 Å². The lowest BCUT2D eigenvalue weighted by atomic mass is 9.98. The van der Waals surface area contributed by atoms with Gasteiger partial charge in [-0.25, -0.2) is 4.79 Å². The van der Waals surface area contributed by atoms with Gasteiger partial charge < -0.3 is 10.6 Å². The molecule has 126 valence electrons. The topological polar surface area (TPSA) is 88.0 Å². The highest BCUT2D eigenvalue weighted by atomic mass is 16.2. The summed E-state index contributed by atoms with van der Waals surface area (Å²) in [5.74, 6) is 0.692. The van der Waals surface area contributed by atoms with Crippen LogP contribution in [0, 0.1) is 6.92 Å². The molecule has 3 rings (SSSR count). The minimum atomic E-state index is -0.281. The van der Waals surface area contributed by atoms with Crippen molar-refractivity contribution >= 4 is 23.4 Å². The number of nitrogens with zero attached hydrogens (tertiary/aromatic N) is 2. The number of carbonyl (C=O) groups is 2. The maximum absolute atomic E-state index is 12.2.